The summed E-state index contributed by atoms with van der Waals surface area (Å²) in [5.41, 5.74) is 5.05. The number of carbonyl (C=O) groups excluding carboxylic acids is 1. The molecule has 0 aromatic rings. The predicted molar refractivity (Wildman–Crippen MR) is 58.8 cm³/mol. The van der Waals surface area contributed by atoms with Crippen molar-refractivity contribution in [1.82, 2.24) is 5.32 Å². The molecule has 2 aliphatic rings. The maximum absolute atomic E-state index is 12.0. The molecule has 0 aromatic heterocycles. The highest BCUT2D eigenvalue weighted by Crippen LogP contribution is 2.21. The fraction of sp³-hybridized carbons (Fsp3) is 0.909. The minimum Gasteiger partial charge on any atom is -0.391 e. The van der Waals surface area contributed by atoms with Gasteiger partial charge in [-0.25, -0.2) is 0 Å². The Balaban J connectivity index is 1.90. The van der Waals surface area contributed by atoms with E-state index in [2.05, 4.69) is 5.32 Å². The van der Waals surface area contributed by atoms with Crippen LogP contribution >= 0.6 is 0 Å². The molecule has 16 heavy (non-hydrogen) atoms. The quantitative estimate of drug-likeness (QED) is 0.596. The van der Waals surface area contributed by atoms with Gasteiger partial charge in [-0.3, -0.25) is 4.79 Å². The van der Waals surface area contributed by atoms with Crippen molar-refractivity contribution in [2.45, 2.75) is 49.8 Å². The summed E-state index contributed by atoms with van der Waals surface area (Å²) < 4.78 is 5.15. The Bertz CT molecular complexity index is 264. The summed E-state index contributed by atoms with van der Waals surface area (Å²) in [6, 6.07) is -0.137. The summed E-state index contributed by atoms with van der Waals surface area (Å²) in [6.45, 7) is 0.818. The molecule has 1 aliphatic carbocycles. The zero-order valence-electron chi connectivity index (χ0n) is 9.45. The lowest BCUT2D eigenvalue weighted by Crippen LogP contribution is -2.58. The summed E-state index contributed by atoms with van der Waals surface area (Å²) in [7, 11) is 0. The fourth-order valence-corrected chi connectivity index (χ4v) is 2.35. The lowest BCUT2D eigenvalue weighted by Gasteiger charge is -2.31. The molecule has 5 heteroatoms. The first-order valence-electron chi connectivity index (χ1n) is 5.97. The van der Waals surface area contributed by atoms with Gasteiger partial charge in [0.15, 0.2) is 0 Å². The first-order chi connectivity index (χ1) is 7.62. The molecule has 1 saturated carbocycles. The molecule has 0 radical (unpaired) electrons. The third kappa shape index (κ3) is 2.36. The molecule has 0 spiro atoms. The fourth-order valence-electron chi connectivity index (χ4n) is 2.35. The van der Waals surface area contributed by atoms with Gasteiger partial charge in [0.1, 0.15) is 5.54 Å². The lowest BCUT2D eigenvalue weighted by atomic mass is 9.91. The lowest BCUT2D eigenvalue weighted by molar-refractivity contribution is -0.128. The minimum atomic E-state index is -0.892. The zero-order chi connectivity index (χ0) is 11.6. The number of rotatable bonds is 2. The second kappa shape index (κ2) is 4.69. The van der Waals surface area contributed by atoms with Crippen LogP contribution in [0.15, 0.2) is 0 Å². The molecule has 1 unspecified atom stereocenters. The van der Waals surface area contributed by atoms with Crippen molar-refractivity contribution >= 4 is 5.91 Å². The highest BCUT2D eigenvalue weighted by molar-refractivity contribution is 5.86. The van der Waals surface area contributed by atoms with E-state index < -0.39 is 11.6 Å². The highest BCUT2D eigenvalue weighted by Gasteiger charge is 2.40. The second-order valence-electron chi connectivity index (χ2n) is 4.89. The number of amides is 1. The first-order valence-corrected chi connectivity index (χ1v) is 5.97. The third-order valence-electron chi connectivity index (χ3n) is 3.55. The van der Waals surface area contributed by atoms with Gasteiger partial charge in [0.2, 0.25) is 5.91 Å². The van der Waals surface area contributed by atoms with E-state index in [0.29, 0.717) is 13.0 Å². The van der Waals surface area contributed by atoms with E-state index in [0.717, 1.165) is 25.7 Å². The molecule has 3 atom stereocenters. The topological polar surface area (TPSA) is 84.6 Å². The average Bonchev–Trinajstić information content (AvgIpc) is 2.70. The maximum atomic E-state index is 12.0. The number of hydrogen-bond donors (Lipinski definition) is 3. The summed E-state index contributed by atoms with van der Waals surface area (Å²) in [6.07, 6.45) is 3.81. The van der Waals surface area contributed by atoms with Gasteiger partial charge in [0.05, 0.1) is 18.8 Å². The van der Waals surface area contributed by atoms with Crippen molar-refractivity contribution in [3.63, 3.8) is 0 Å². The largest absolute Gasteiger partial charge is 0.391 e. The Labute approximate surface area is 95.3 Å². The van der Waals surface area contributed by atoms with E-state index in [1.165, 1.54) is 0 Å². The maximum Gasteiger partial charge on any atom is 0.242 e. The molecule has 5 nitrogen and oxygen atoms in total. The SMILES string of the molecule is NC1(C(=O)N[C@@H]2CCCC[C@H]2O)CCOC1. The van der Waals surface area contributed by atoms with Gasteiger partial charge in [-0.2, -0.15) is 0 Å². The van der Waals surface area contributed by atoms with Gasteiger partial charge in [0.25, 0.3) is 0 Å². The van der Waals surface area contributed by atoms with Crippen LogP contribution in [0.1, 0.15) is 32.1 Å². The molecule has 1 amide bonds. The van der Waals surface area contributed by atoms with Crippen molar-refractivity contribution in [1.29, 1.82) is 0 Å². The normalized spacial score (nSPS) is 39.6. The van der Waals surface area contributed by atoms with Crippen LogP contribution in [-0.2, 0) is 9.53 Å². The van der Waals surface area contributed by atoms with Gasteiger partial charge in [-0.1, -0.05) is 12.8 Å². The van der Waals surface area contributed by atoms with E-state index in [1.807, 2.05) is 0 Å². The Morgan fingerprint density at radius 1 is 1.44 bits per heavy atom. The molecular weight excluding hydrogens is 208 g/mol. The van der Waals surface area contributed by atoms with Crippen molar-refractivity contribution in [3.05, 3.63) is 0 Å². The van der Waals surface area contributed by atoms with Gasteiger partial charge < -0.3 is 20.9 Å². The molecule has 0 bridgehead atoms. The van der Waals surface area contributed by atoms with Crippen LogP contribution in [0.5, 0.6) is 0 Å². The Kier molecular flexibility index (Phi) is 3.47. The number of aliphatic hydroxyl groups excluding tert-OH is 1. The Hall–Kier alpha value is -0.650. The Morgan fingerprint density at radius 3 is 2.81 bits per heavy atom. The molecule has 4 N–H and O–H groups in total. The average molecular weight is 228 g/mol. The molecule has 1 saturated heterocycles. The van der Waals surface area contributed by atoms with Gasteiger partial charge in [0, 0.05) is 6.61 Å². The summed E-state index contributed by atoms with van der Waals surface area (Å²) >= 11 is 0. The number of nitrogens with two attached hydrogens (primary N) is 1. The number of hydrogen-bond acceptors (Lipinski definition) is 4. The van der Waals surface area contributed by atoms with Crippen LogP contribution in [-0.4, -0.2) is 41.9 Å². The van der Waals surface area contributed by atoms with Crippen LogP contribution in [0.3, 0.4) is 0 Å². The van der Waals surface area contributed by atoms with Gasteiger partial charge in [-0.15, -0.1) is 0 Å². The van der Waals surface area contributed by atoms with Crippen molar-refractivity contribution in [3.8, 4) is 0 Å². The molecule has 2 rings (SSSR count). The predicted octanol–water partition coefficient (Wildman–Crippen LogP) is -0.476. The van der Waals surface area contributed by atoms with Gasteiger partial charge in [-0.05, 0) is 19.3 Å². The summed E-state index contributed by atoms with van der Waals surface area (Å²) in [5.74, 6) is -0.184. The van der Waals surface area contributed by atoms with Crippen molar-refractivity contribution in [2.24, 2.45) is 5.73 Å². The minimum absolute atomic E-state index is 0.137. The molecule has 1 aliphatic heterocycles. The number of aliphatic hydroxyl groups is 1. The van der Waals surface area contributed by atoms with Gasteiger partial charge >= 0.3 is 0 Å². The summed E-state index contributed by atoms with van der Waals surface area (Å²) in [5, 5.41) is 12.6. The first kappa shape index (κ1) is 11.8. The number of ether oxygens (including phenoxy) is 1. The van der Waals surface area contributed by atoms with E-state index in [4.69, 9.17) is 10.5 Å². The third-order valence-corrected chi connectivity index (χ3v) is 3.55. The van der Waals surface area contributed by atoms with Crippen LogP contribution < -0.4 is 11.1 Å². The summed E-state index contributed by atoms with van der Waals surface area (Å²) in [4.78, 5) is 12.0. The standard InChI is InChI=1S/C11H20N2O3/c12-11(5-6-16-7-11)10(15)13-8-3-1-2-4-9(8)14/h8-9,14H,1-7,12H2,(H,13,15)/t8-,9-,11?/m1/s1. The monoisotopic (exact) mass is 228 g/mol. The number of nitrogens with one attached hydrogen (secondary N) is 1. The van der Waals surface area contributed by atoms with Crippen LogP contribution in [0.25, 0.3) is 0 Å². The van der Waals surface area contributed by atoms with Crippen molar-refractivity contribution < 1.29 is 14.6 Å². The van der Waals surface area contributed by atoms with E-state index in [-0.39, 0.29) is 18.6 Å². The van der Waals surface area contributed by atoms with Crippen LogP contribution in [0, 0.1) is 0 Å². The molecular formula is C11H20N2O3. The molecule has 92 valence electrons. The van der Waals surface area contributed by atoms with E-state index >= 15 is 0 Å². The van der Waals surface area contributed by atoms with E-state index in [1.54, 1.807) is 0 Å². The molecule has 0 aromatic carbocycles. The highest BCUT2D eigenvalue weighted by atomic mass is 16.5. The van der Waals surface area contributed by atoms with Crippen molar-refractivity contribution in [2.75, 3.05) is 13.2 Å². The molecule has 1 heterocycles. The van der Waals surface area contributed by atoms with Crippen LogP contribution in [0.2, 0.25) is 0 Å². The van der Waals surface area contributed by atoms with E-state index in [9.17, 15) is 9.90 Å². The Morgan fingerprint density at radius 2 is 2.19 bits per heavy atom. The zero-order valence-corrected chi connectivity index (χ0v) is 9.45. The molecule has 2 fully saturated rings. The van der Waals surface area contributed by atoms with Crippen LogP contribution in [0.4, 0.5) is 0 Å². The number of carbonyl (C=O) groups is 1. The smallest absolute Gasteiger partial charge is 0.242 e. The second-order valence-corrected chi connectivity index (χ2v) is 4.89.